The van der Waals surface area contributed by atoms with Crippen LogP contribution in [0.5, 0.6) is 0 Å². The molecule has 0 saturated heterocycles. The van der Waals surface area contributed by atoms with Crippen molar-refractivity contribution in [2.45, 2.75) is 0 Å². The highest BCUT2D eigenvalue weighted by Crippen LogP contribution is 1.72. The van der Waals surface area contributed by atoms with E-state index in [0.29, 0.717) is 12.3 Å². The van der Waals surface area contributed by atoms with Crippen LogP contribution in [-0.2, 0) is 4.74 Å². The number of ether oxygens (including phenoxy) is 1. The molecule has 0 fully saturated rings. The summed E-state index contributed by atoms with van der Waals surface area (Å²) in [6, 6.07) is 0. The lowest BCUT2D eigenvalue weighted by Gasteiger charge is -1.91. The molecule has 0 unspecified atom stereocenters. The summed E-state index contributed by atoms with van der Waals surface area (Å²) in [5, 5.41) is 0. The summed E-state index contributed by atoms with van der Waals surface area (Å²) >= 11 is 0. The van der Waals surface area contributed by atoms with Crippen LogP contribution in [0.1, 0.15) is 0 Å². The van der Waals surface area contributed by atoms with Crippen molar-refractivity contribution < 1.29 is 4.74 Å². The molecule has 2 heteroatoms. The van der Waals surface area contributed by atoms with Gasteiger partial charge in [-0.05, 0) is 0 Å². The molecular formula is C4H9NO. The predicted octanol–water partition coefficient (Wildman–Crippen LogP) is 0.105. The van der Waals surface area contributed by atoms with Gasteiger partial charge in [0, 0.05) is 12.8 Å². The Bertz CT molecular complexity index is 51.5. The van der Waals surface area contributed by atoms with Crippen LogP contribution in [0.4, 0.5) is 0 Å². The molecule has 0 aromatic heterocycles. The number of hydrogen-bond donors (Lipinski definition) is 1. The Kier molecular flexibility index (Phi) is 2.50. The molecule has 2 N–H and O–H groups in total. The molecule has 0 saturated carbocycles. The van der Waals surface area contributed by atoms with Crippen LogP contribution in [0.3, 0.4) is 0 Å². The maximum atomic E-state index is 5.08. The minimum Gasteiger partial charge on any atom is -0.401 e. The molecule has 0 radical (unpaired) electrons. The SMILES string of the molecule is C=C(N)COC. The van der Waals surface area contributed by atoms with Gasteiger partial charge in [0.2, 0.25) is 0 Å². The summed E-state index contributed by atoms with van der Waals surface area (Å²) in [5.74, 6) is 0. The van der Waals surface area contributed by atoms with E-state index < -0.39 is 0 Å². The first-order valence-electron chi connectivity index (χ1n) is 1.69. The molecule has 2 nitrogen and oxygen atoms in total. The van der Waals surface area contributed by atoms with Crippen molar-refractivity contribution in [3.63, 3.8) is 0 Å². The van der Waals surface area contributed by atoms with Crippen LogP contribution in [-0.4, -0.2) is 13.7 Å². The normalized spacial score (nSPS) is 8.17. The largest absolute Gasteiger partial charge is 0.401 e. The first kappa shape index (κ1) is 5.50. The van der Waals surface area contributed by atoms with Gasteiger partial charge in [-0.2, -0.15) is 0 Å². The zero-order valence-corrected chi connectivity index (χ0v) is 3.90. The van der Waals surface area contributed by atoms with Crippen LogP contribution < -0.4 is 5.73 Å². The van der Waals surface area contributed by atoms with Gasteiger partial charge in [0.05, 0.1) is 6.61 Å². The Morgan fingerprint density at radius 3 is 2.50 bits per heavy atom. The zero-order valence-electron chi connectivity index (χ0n) is 3.90. The molecule has 0 aromatic rings. The standard InChI is InChI=1S/C4H9NO/c1-4(5)3-6-2/h1,3,5H2,2H3. The highest BCUT2D eigenvalue weighted by molar-refractivity contribution is 4.84. The summed E-state index contributed by atoms with van der Waals surface area (Å²) in [6.45, 7) is 3.86. The average Bonchev–Trinajstić information content (AvgIpc) is 1.35. The van der Waals surface area contributed by atoms with Gasteiger partial charge in [0.25, 0.3) is 0 Å². The molecule has 0 aliphatic rings. The van der Waals surface area contributed by atoms with Crippen LogP contribution in [0.2, 0.25) is 0 Å². The van der Waals surface area contributed by atoms with Gasteiger partial charge in [0.1, 0.15) is 0 Å². The van der Waals surface area contributed by atoms with Crippen molar-refractivity contribution in [2.24, 2.45) is 5.73 Å². The van der Waals surface area contributed by atoms with E-state index in [2.05, 4.69) is 11.3 Å². The number of rotatable bonds is 2. The van der Waals surface area contributed by atoms with E-state index in [1.807, 2.05) is 0 Å². The van der Waals surface area contributed by atoms with Crippen LogP contribution in [0.25, 0.3) is 0 Å². The van der Waals surface area contributed by atoms with E-state index in [9.17, 15) is 0 Å². The van der Waals surface area contributed by atoms with E-state index in [0.717, 1.165) is 0 Å². The molecule has 0 aromatic carbocycles. The van der Waals surface area contributed by atoms with Crippen LogP contribution in [0.15, 0.2) is 12.3 Å². The second kappa shape index (κ2) is 2.72. The molecule has 0 bridgehead atoms. The molecule has 0 aliphatic carbocycles. The van der Waals surface area contributed by atoms with E-state index >= 15 is 0 Å². The Labute approximate surface area is 37.6 Å². The minimum absolute atomic E-state index is 0.458. The number of nitrogens with two attached hydrogens (primary N) is 1. The Morgan fingerprint density at radius 1 is 2.00 bits per heavy atom. The smallest absolute Gasteiger partial charge is 0.0850 e. The maximum Gasteiger partial charge on any atom is 0.0850 e. The van der Waals surface area contributed by atoms with Gasteiger partial charge in [-0.15, -0.1) is 0 Å². The van der Waals surface area contributed by atoms with Gasteiger partial charge in [-0.1, -0.05) is 6.58 Å². The summed E-state index contributed by atoms with van der Waals surface area (Å²) in [7, 11) is 1.58. The van der Waals surface area contributed by atoms with Crippen molar-refractivity contribution in [3.8, 4) is 0 Å². The third kappa shape index (κ3) is 3.50. The van der Waals surface area contributed by atoms with Crippen molar-refractivity contribution in [1.82, 2.24) is 0 Å². The van der Waals surface area contributed by atoms with Gasteiger partial charge in [-0.25, -0.2) is 0 Å². The van der Waals surface area contributed by atoms with Crippen LogP contribution >= 0.6 is 0 Å². The fourth-order valence-electron chi connectivity index (χ4n) is 0.185. The van der Waals surface area contributed by atoms with Crippen molar-refractivity contribution in [3.05, 3.63) is 12.3 Å². The number of methoxy groups -OCH3 is 1. The Balaban J connectivity index is 2.83. The fraction of sp³-hybridized carbons (Fsp3) is 0.500. The summed E-state index contributed by atoms with van der Waals surface area (Å²) in [6.07, 6.45) is 0. The highest BCUT2D eigenvalue weighted by atomic mass is 16.5. The first-order valence-corrected chi connectivity index (χ1v) is 1.69. The molecule has 0 aliphatic heterocycles. The van der Waals surface area contributed by atoms with Gasteiger partial charge < -0.3 is 10.5 Å². The van der Waals surface area contributed by atoms with E-state index in [-0.39, 0.29) is 0 Å². The lowest BCUT2D eigenvalue weighted by atomic mass is 10.6. The maximum absolute atomic E-state index is 5.08. The van der Waals surface area contributed by atoms with Crippen LogP contribution in [0, 0.1) is 0 Å². The average molecular weight is 87.1 g/mol. The molecule has 36 valence electrons. The second-order valence-electron chi connectivity index (χ2n) is 1.09. The first-order chi connectivity index (χ1) is 2.77. The quantitative estimate of drug-likeness (QED) is 0.518. The van der Waals surface area contributed by atoms with E-state index in [1.54, 1.807) is 7.11 Å². The second-order valence-corrected chi connectivity index (χ2v) is 1.09. The number of hydrogen-bond acceptors (Lipinski definition) is 2. The molecule has 0 heterocycles. The predicted molar refractivity (Wildman–Crippen MR) is 25.2 cm³/mol. The highest BCUT2D eigenvalue weighted by Gasteiger charge is 1.75. The summed E-state index contributed by atoms with van der Waals surface area (Å²) < 4.78 is 4.58. The summed E-state index contributed by atoms with van der Waals surface area (Å²) in [5.41, 5.74) is 5.65. The van der Waals surface area contributed by atoms with Gasteiger partial charge >= 0.3 is 0 Å². The molecule has 0 rings (SSSR count). The lowest BCUT2D eigenvalue weighted by molar-refractivity contribution is 0.225. The monoisotopic (exact) mass is 87.1 g/mol. The summed E-state index contributed by atoms with van der Waals surface area (Å²) in [4.78, 5) is 0. The third-order valence-electron chi connectivity index (χ3n) is 0.330. The third-order valence-corrected chi connectivity index (χ3v) is 0.330. The van der Waals surface area contributed by atoms with E-state index in [1.165, 1.54) is 0 Å². The van der Waals surface area contributed by atoms with Crippen molar-refractivity contribution in [1.29, 1.82) is 0 Å². The van der Waals surface area contributed by atoms with Gasteiger partial charge in [0.15, 0.2) is 0 Å². The molecule has 0 atom stereocenters. The van der Waals surface area contributed by atoms with Gasteiger partial charge in [-0.3, -0.25) is 0 Å². The topological polar surface area (TPSA) is 35.2 Å². The molecule has 0 spiro atoms. The lowest BCUT2D eigenvalue weighted by Crippen LogP contribution is -2.01. The fourth-order valence-corrected chi connectivity index (χ4v) is 0.185. The van der Waals surface area contributed by atoms with Crippen molar-refractivity contribution in [2.75, 3.05) is 13.7 Å². The minimum atomic E-state index is 0.458. The van der Waals surface area contributed by atoms with E-state index in [4.69, 9.17) is 5.73 Å². The molecule has 0 amide bonds. The van der Waals surface area contributed by atoms with Crippen molar-refractivity contribution >= 4 is 0 Å². The Morgan fingerprint density at radius 2 is 2.50 bits per heavy atom. The molecular weight excluding hydrogens is 78.0 g/mol. The Hall–Kier alpha value is -0.500. The zero-order chi connectivity index (χ0) is 4.99. The molecule has 6 heavy (non-hydrogen) atoms.